The summed E-state index contributed by atoms with van der Waals surface area (Å²) in [6, 6.07) is 5.26. The number of amides is 3. The van der Waals surface area contributed by atoms with Crippen molar-refractivity contribution in [1.82, 2.24) is 20.9 Å². The third-order valence-electron chi connectivity index (χ3n) is 4.84. The van der Waals surface area contributed by atoms with Crippen molar-refractivity contribution in [3.63, 3.8) is 0 Å². The quantitative estimate of drug-likeness (QED) is 0.408. The minimum absolute atomic E-state index is 0.142. The van der Waals surface area contributed by atoms with Crippen LogP contribution in [0, 0.1) is 0 Å². The monoisotopic (exact) mass is 374 g/mol. The van der Waals surface area contributed by atoms with Crippen LogP contribution in [0.15, 0.2) is 18.2 Å². The van der Waals surface area contributed by atoms with Gasteiger partial charge >= 0.3 is 0 Å². The van der Waals surface area contributed by atoms with Gasteiger partial charge in [0.2, 0.25) is 11.8 Å². The van der Waals surface area contributed by atoms with Crippen LogP contribution in [0.1, 0.15) is 34.3 Å². The van der Waals surface area contributed by atoms with Crippen LogP contribution in [0.4, 0.5) is 0 Å². The van der Waals surface area contributed by atoms with Gasteiger partial charge in [-0.25, -0.2) is 0 Å². The zero-order valence-electron chi connectivity index (χ0n) is 15.5. The lowest BCUT2D eigenvalue weighted by Gasteiger charge is -2.29. The number of nitrogens with zero attached hydrogens (tertiary/aromatic N) is 1. The molecule has 2 aliphatic rings. The van der Waals surface area contributed by atoms with Gasteiger partial charge in [0.15, 0.2) is 0 Å². The van der Waals surface area contributed by atoms with Gasteiger partial charge in [-0.2, -0.15) is 0 Å². The topological polar surface area (TPSA) is 99.8 Å². The fourth-order valence-corrected chi connectivity index (χ4v) is 3.37. The zero-order chi connectivity index (χ0) is 19.2. The van der Waals surface area contributed by atoms with Gasteiger partial charge in [-0.1, -0.05) is 12.1 Å². The molecule has 1 aromatic carbocycles. The number of piperidine rings is 1. The molecule has 0 spiro atoms. The lowest BCUT2D eigenvalue weighted by Crippen LogP contribution is -2.52. The smallest absolute Gasteiger partial charge is 0.255 e. The Morgan fingerprint density at radius 1 is 1.22 bits per heavy atom. The molecule has 0 radical (unpaired) electrons. The first kappa shape index (κ1) is 19.5. The van der Waals surface area contributed by atoms with Gasteiger partial charge < -0.3 is 20.3 Å². The summed E-state index contributed by atoms with van der Waals surface area (Å²) in [5.74, 6) is -0.798. The molecule has 1 fully saturated rings. The highest BCUT2D eigenvalue weighted by molar-refractivity contribution is 6.05. The molecule has 2 heterocycles. The number of benzene rings is 1. The largest absolute Gasteiger partial charge is 0.379 e. The lowest BCUT2D eigenvalue weighted by atomic mass is 10.0. The summed E-state index contributed by atoms with van der Waals surface area (Å²) in [7, 11) is 1.89. The van der Waals surface area contributed by atoms with Crippen LogP contribution in [0.3, 0.4) is 0 Å². The average molecular weight is 374 g/mol. The van der Waals surface area contributed by atoms with E-state index in [0.717, 1.165) is 24.2 Å². The number of carbonyl (C=O) groups is 3. The molecule has 8 heteroatoms. The number of carbonyl (C=O) groups excluding carboxylic acids is 3. The molecule has 0 bridgehead atoms. The molecule has 0 aromatic heterocycles. The van der Waals surface area contributed by atoms with E-state index in [1.807, 2.05) is 25.2 Å². The maximum absolute atomic E-state index is 12.8. The predicted molar refractivity (Wildman–Crippen MR) is 98.9 cm³/mol. The highest BCUT2D eigenvalue weighted by Gasteiger charge is 2.38. The molecule has 0 aliphatic carbocycles. The van der Waals surface area contributed by atoms with Crippen molar-refractivity contribution in [3.8, 4) is 0 Å². The number of imide groups is 1. The van der Waals surface area contributed by atoms with E-state index in [2.05, 4.69) is 16.0 Å². The summed E-state index contributed by atoms with van der Waals surface area (Å²) in [5, 5.41) is 8.64. The van der Waals surface area contributed by atoms with E-state index in [-0.39, 0.29) is 24.1 Å². The number of fused-ring (bicyclic) bond motifs is 1. The first-order valence-electron chi connectivity index (χ1n) is 9.29. The fraction of sp³-hybridized carbons (Fsp3) is 0.526. The zero-order valence-corrected chi connectivity index (χ0v) is 15.5. The number of hydrogen-bond acceptors (Lipinski definition) is 6. The predicted octanol–water partition coefficient (Wildman–Crippen LogP) is -0.227. The molecule has 1 unspecified atom stereocenters. The molecule has 1 atom stereocenters. The minimum atomic E-state index is -0.570. The Morgan fingerprint density at radius 3 is 2.81 bits per heavy atom. The summed E-state index contributed by atoms with van der Waals surface area (Å²) in [4.78, 5) is 37.7. The van der Waals surface area contributed by atoms with Crippen molar-refractivity contribution in [2.24, 2.45) is 0 Å². The van der Waals surface area contributed by atoms with Crippen LogP contribution in [0.2, 0.25) is 0 Å². The van der Waals surface area contributed by atoms with E-state index in [1.165, 1.54) is 0 Å². The second-order valence-electron chi connectivity index (χ2n) is 6.78. The first-order valence-corrected chi connectivity index (χ1v) is 9.29. The van der Waals surface area contributed by atoms with Gasteiger partial charge in [-0.15, -0.1) is 0 Å². The van der Waals surface area contributed by atoms with Gasteiger partial charge in [0.1, 0.15) is 6.04 Å². The molecule has 3 N–H and O–H groups in total. The Labute approximate surface area is 158 Å². The van der Waals surface area contributed by atoms with Crippen LogP contribution in [0.5, 0.6) is 0 Å². The number of rotatable bonds is 9. The van der Waals surface area contributed by atoms with Crippen molar-refractivity contribution in [3.05, 3.63) is 34.9 Å². The normalized spacial score (nSPS) is 19.4. The summed E-state index contributed by atoms with van der Waals surface area (Å²) in [6.07, 6.45) is 0.647. The molecule has 8 nitrogen and oxygen atoms in total. The summed E-state index contributed by atoms with van der Waals surface area (Å²) < 4.78 is 5.45. The minimum Gasteiger partial charge on any atom is -0.379 e. The van der Waals surface area contributed by atoms with Gasteiger partial charge in [0.25, 0.3) is 5.91 Å². The van der Waals surface area contributed by atoms with Crippen LogP contribution in [-0.2, 0) is 27.4 Å². The number of hydrogen-bond donors (Lipinski definition) is 3. The molecule has 1 saturated heterocycles. The Hall–Kier alpha value is -2.29. The third-order valence-corrected chi connectivity index (χ3v) is 4.84. The van der Waals surface area contributed by atoms with E-state index >= 15 is 0 Å². The number of nitrogens with one attached hydrogen (secondary N) is 3. The highest BCUT2D eigenvalue weighted by atomic mass is 16.5. The van der Waals surface area contributed by atoms with Gasteiger partial charge in [0.05, 0.1) is 13.2 Å². The Kier molecular flexibility index (Phi) is 6.54. The molecule has 1 aromatic rings. The second kappa shape index (κ2) is 9.07. The standard InChI is InChI=1S/C19H26N4O4/c1-20-6-8-27-9-7-21-11-13-2-3-14-12-23(19(26)15(14)10-13)16-4-5-17(24)22-18(16)25/h2-3,10,16,20-21H,4-9,11-12H2,1H3,(H,22,24,25). The van der Waals surface area contributed by atoms with Gasteiger partial charge in [0, 0.05) is 38.2 Å². The lowest BCUT2D eigenvalue weighted by molar-refractivity contribution is -0.136. The fourth-order valence-electron chi connectivity index (χ4n) is 3.37. The molecule has 3 amide bonds. The summed E-state index contributed by atoms with van der Waals surface area (Å²) >= 11 is 0. The molecule has 27 heavy (non-hydrogen) atoms. The van der Waals surface area contributed by atoms with Crippen molar-refractivity contribution in [1.29, 1.82) is 0 Å². The van der Waals surface area contributed by atoms with E-state index in [4.69, 9.17) is 4.74 Å². The van der Waals surface area contributed by atoms with Gasteiger partial charge in [-0.3, -0.25) is 19.7 Å². The van der Waals surface area contributed by atoms with Crippen molar-refractivity contribution >= 4 is 17.7 Å². The Balaban J connectivity index is 1.53. The average Bonchev–Trinajstić information content (AvgIpc) is 2.97. The van der Waals surface area contributed by atoms with Crippen LogP contribution >= 0.6 is 0 Å². The van der Waals surface area contributed by atoms with E-state index in [0.29, 0.717) is 38.3 Å². The third kappa shape index (κ3) is 4.71. The van der Waals surface area contributed by atoms with E-state index in [1.54, 1.807) is 4.90 Å². The molecule has 146 valence electrons. The van der Waals surface area contributed by atoms with E-state index < -0.39 is 6.04 Å². The van der Waals surface area contributed by atoms with E-state index in [9.17, 15) is 14.4 Å². The highest BCUT2D eigenvalue weighted by Crippen LogP contribution is 2.28. The van der Waals surface area contributed by atoms with Gasteiger partial charge in [-0.05, 0) is 30.7 Å². The molecule has 2 aliphatic heterocycles. The molecular formula is C19H26N4O4. The molecule has 0 saturated carbocycles. The number of ether oxygens (including phenoxy) is 1. The maximum Gasteiger partial charge on any atom is 0.255 e. The second-order valence-corrected chi connectivity index (χ2v) is 6.78. The van der Waals surface area contributed by atoms with Crippen LogP contribution < -0.4 is 16.0 Å². The Bertz CT molecular complexity index is 722. The van der Waals surface area contributed by atoms with Crippen LogP contribution in [0.25, 0.3) is 0 Å². The van der Waals surface area contributed by atoms with Crippen molar-refractivity contribution in [2.45, 2.75) is 32.0 Å². The van der Waals surface area contributed by atoms with Crippen molar-refractivity contribution in [2.75, 3.05) is 33.4 Å². The molecule has 3 rings (SSSR count). The summed E-state index contributed by atoms with van der Waals surface area (Å²) in [5.41, 5.74) is 2.58. The van der Waals surface area contributed by atoms with Crippen LogP contribution in [-0.4, -0.2) is 62.0 Å². The first-order chi connectivity index (χ1) is 13.1. The van der Waals surface area contributed by atoms with Crippen molar-refractivity contribution < 1.29 is 19.1 Å². The SMILES string of the molecule is CNCCOCCNCc1ccc2c(c1)C(=O)N(C1CCC(=O)NC1=O)C2. The summed E-state index contributed by atoms with van der Waals surface area (Å²) in [6.45, 7) is 3.94. The maximum atomic E-state index is 12.8. The number of likely N-dealkylation sites (N-methyl/N-ethyl adjacent to an activating group) is 1. The molecular weight excluding hydrogens is 348 g/mol. The Morgan fingerprint density at radius 2 is 2.04 bits per heavy atom.